The molecule has 15 nitrogen and oxygen atoms in total. The second-order valence-corrected chi connectivity index (χ2v) is 32.8. The number of esters is 1. The highest BCUT2D eigenvalue weighted by atomic mass is 19.2. The van der Waals surface area contributed by atoms with Gasteiger partial charge in [-0.2, -0.15) is 0 Å². The molecule has 6 atom stereocenters. The number of ketones is 1. The van der Waals surface area contributed by atoms with Crippen LogP contribution in [0.15, 0.2) is 186 Å². The number of carbonyl (C=O) groups excluding carboxylic acids is 2. The van der Waals surface area contributed by atoms with Gasteiger partial charge in [0.1, 0.15) is 138 Å². The highest BCUT2D eigenvalue weighted by Crippen LogP contribution is 2.48. The first-order valence-corrected chi connectivity index (χ1v) is 40.0. The first-order valence-electron chi connectivity index (χ1n) is 40.0. The minimum atomic E-state index is -1.68. The molecule has 0 spiro atoms. The predicted octanol–water partition coefficient (Wildman–Crippen LogP) is 22.9. The van der Waals surface area contributed by atoms with Crippen molar-refractivity contribution in [2.45, 2.75) is 168 Å². The first kappa shape index (κ1) is 93.0. The molecule has 124 heavy (non-hydrogen) atoms. The van der Waals surface area contributed by atoms with Crippen LogP contribution in [0.5, 0.6) is 5.75 Å². The third kappa shape index (κ3) is 22.6. The van der Waals surface area contributed by atoms with E-state index in [2.05, 4.69) is 10.1 Å². The summed E-state index contributed by atoms with van der Waals surface area (Å²) in [5.41, 5.74) is 6.65. The van der Waals surface area contributed by atoms with Crippen LogP contribution in [0.1, 0.15) is 155 Å². The third-order valence-corrected chi connectivity index (χ3v) is 20.7. The van der Waals surface area contributed by atoms with Crippen molar-refractivity contribution in [1.29, 1.82) is 0 Å². The number of hydrogen-bond donors (Lipinski definition) is 3. The molecule has 656 valence electrons. The van der Waals surface area contributed by atoms with Crippen molar-refractivity contribution in [3.63, 3.8) is 0 Å². The van der Waals surface area contributed by atoms with E-state index >= 15 is 17.6 Å². The van der Waals surface area contributed by atoms with Crippen LogP contribution in [0.25, 0.3) is 67.0 Å². The van der Waals surface area contributed by atoms with Crippen LogP contribution in [0.2, 0.25) is 0 Å². The minimum Gasteiger partial charge on any atom is -0.493 e. The maximum Gasteiger partial charge on any atom is 0.330 e. The molecule has 28 heteroatoms. The molecular weight excluding hydrogens is 1630 g/mol. The topological polar surface area (TPSA) is 200 Å². The number of rotatable bonds is 19. The smallest absolute Gasteiger partial charge is 0.330 e. The lowest BCUT2D eigenvalue weighted by Gasteiger charge is -2.42. The van der Waals surface area contributed by atoms with Crippen molar-refractivity contribution >= 4 is 84.7 Å². The summed E-state index contributed by atoms with van der Waals surface area (Å²) in [6.07, 6.45) is 11.5. The molecule has 8 heterocycles. The van der Waals surface area contributed by atoms with Gasteiger partial charge in [0.05, 0.1) is 59.4 Å². The van der Waals surface area contributed by atoms with Crippen molar-refractivity contribution < 1.29 is 108 Å². The number of carboxylic acid groups (broad SMARTS) is 1. The fraction of sp³-hybridized carbons (Fsp3) is 0.323. The van der Waals surface area contributed by atoms with Gasteiger partial charge < -0.3 is 47.7 Å². The Kier molecular flexibility index (Phi) is 29.6. The molecule has 0 aliphatic carbocycles. The number of halogens is 13. The highest BCUT2D eigenvalue weighted by Gasteiger charge is 2.45. The average Bonchev–Trinajstić information content (AvgIpc) is 1.47. The standard InChI is InChI=1S/C26H25F4NO3.C25H23F4NO3.C15H19F2NO.C11H12FNO.C11H9FO2.C8H7FO/c1-14-10-16-22-17(27)6-5-7-20(22)34-25(16)24(31(14)13-26(2,3)30)23-18(28)11-15(12-19(23)29)8-9-21(32)33-4;1-13-9-15-21-16(26)5-4-6-19(21)33-24(15)23(30(13)12-25(2,3)29)22-17(27)10-14(11-18(22)28)7-8-20(31)32;1-10(18-9-15(2,3)17)7-11-8-19-13-6-4-5-12(16)14(11)13;2*1-7(13)5-8-6-14-10-4-2-3-9(12)11(8)10;9-7-2-1-3-8-6(7)4-5-10-8/h5-9,11-12,14,24H,10,13H2,1-4H3;4-8,10-11,13,23H,9,12H2,1-3H3,(H,31,32);4-6,8,10,18H,7,9H2,1-3H3;2-4,6-7H,5,13H2,1H3;2-4,6H,5H2,1H3;1-3H,4-5H2/b9-8+;8-7+;;;;. The molecule has 0 saturated carbocycles. The van der Waals surface area contributed by atoms with Crippen molar-refractivity contribution in [1.82, 2.24) is 15.1 Å². The minimum absolute atomic E-state index is 0.00375. The van der Waals surface area contributed by atoms with Gasteiger partial charge in [-0.3, -0.25) is 14.6 Å². The number of nitrogens with two attached hydrogens (primary N) is 1. The molecule has 3 aliphatic heterocycles. The maximum atomic E-state index is 15.4. The van der Waals surface area contributed by atoms with E-state index in [1.165, 1.54) is 116 Å². The van der Waals surface area contributed by atoms with E-state index in [0.29, 0.717) is 94.1 Å². The van der Waals surface area contributed by atoms with Gasteiger partial charge in [-0.25, -0.2) is 66.7 Å². The summed E-state index contributed by atoms with van der Waals surface area (Å²) in [6, 6.07) is 29.2. The van der Waals surface area contributed by atoms with Gasteiger partial charge in [-0.1, -0.05) is 36.4 Å². The zero-order valence-corrected chi connectivity index (χ0v) is 70.2. The molecule has 5 aromatic heterocycles. The summed E-state index contributed by atoms with van der Waals surface area (Å²) in [5.74, 6) is -6.51. The molecular formula is C96H95F13N4O11. The molecule has 6 unspecified atom stereocenters. The molecule has 0 fully saturated rings. The number of furan rings is 5. The Bertz CT molecular complexity index is 6010. The largest absolute Gasteiger partial charge is 0.493 e. The van der Waals surface area contributed by atoms with Gasteiger partial charge >= 0.3 is 11.9 Å². The lowest BCUT2D eigenvalue weighted by Crippen LogP contribution is -2.48. The summed E-state index contributed by atoms with van der Waals surface area (Å²) in [6.45, 7) is 18.1. The number of benzene rings is 8. The second kappa shape index (κ2) is 39.4. The van der Waals surface area contributed by atoms with Gasteiger partial charge in [0.25, 0.3) is 0 Å². The number of nitrogens with zero attached hydrogens (tertiary/aromatic N) is 2. The van der Waals surface area contributed by atoms with E-state index in [4.69, 9.17) is 37.7 Å². The van der Waals surface area contributed by atoms with Gasteiger partial charge in [-0.15, -0.1) is 0 Å². The first-order chi connectivity index (χ1) is 58.6. The van der Waals surface area contributed by atoms with Crippen LogP contribution in [-0.2, 0) is 57.6 Å². The molecule has 0 amide bonds. The number of ether oxygens (including phenoxy) is 2. The van der Waals surface area contributed by atoms with Crippen LogP contribution in [0, 0.1) is 58.2 Å². The number of methoxy groups -OCH3 is 1. The molecule has 8 aromatic carbocycles. The van der Waals surface area contributed by atoms with Crippen LogP contribution in [0.3, 0.4) is 0 Å². The molecule has 0 radical (unpaired) electrons. The van der Waals surface area contributed by atoms with Gasteiger partial charge in [0.15, 0.2) is 0 Å². The van der Waals surface area contributed by atoms with E-state index in [1.54, 1.807) is 89.9 Å². The Morgan fingerprint density at radius 3 is 1.28 bits per heavy atom. The number of hydrogen-bond acceptors (Lipinski definition) is 14. The SMILES string of the molecule is CC(=O)Cc1coc2cccc(F)c12.CC(Cc1coc2cccc(F)c12)NCC(C)(C)F.CC(N)Cc1coc2cccc(F)c12.CC1Cc2c(oc3cccc(F)c23)C(c2c(F)cc(/C=C/C(=O)O)cc2F)N1CC(C)(C)F.COC(=O)/C=C/c1cc(F)c(C2c3oc4cccc(F)c4c3CC(C)N2CC(C)(C)F)c(F)c1.Fc1cccc2c1CCO2. The summed E-state index contributed by atoms with van der Waals surface area (Å²) >= 11 is 0. The van der Waals surface area contributed by atoms with Crippen LogP contribution in [0.4, 0.5) is 57.1 Å². The zero-order chi connectivity index (χ0) is 90.1. The Hall–Kier alpha value is -11.7. The van der Waals surface area contributed by atoms with E-state index < -0.39 is 75.9 Å². The van der Waals surface area contributed by atoms with E-state index in [9.17, 15) is 53.9 Å². The molecule has 16 rings (SSSR count). The Labute approximate surface area is 707 Å². The number of alkyl halides is 3. The molecule has 0 saturated heterocycles. The zero-order valence-electron chi connectivity index (χ0n) is 70.2. The molecule has 4 N–H and O–H groups in total. The van der Waals surface area contributed by atoms with Crippen LogP contribution >= 0.6 is 0 Å². The third-order valence-electron chi connectivity index (χ3n) is 20.7. The Balaban J connectivity index is 0.000000153. The Morgan fingerprint density at radius 2 is 0.895 bits per heavy atom. The summed E-state index contributed by atoms with van der Waals surface area (Å²) in [4.78, 5) is 36.3. The number of carbonyl (C=O) groups is 3. The number of carboxylic acids is 1. The van der Waals surface area contributed by atoms with E-state index in [0.717, 1.165) is 59.2 Å². The highest BCUT2D eigenvalue weighted by molar-refractivity contribution is 5.90. The van der Waals surface area contributed by atoms with Crippen LogP contribution < -0.4 is 15.8 Å². The number of fused-ring (bicyclic) bond motifs is 10. The molecule has 13 aromatic rings. The summed E-state index contributed by atoms with van der Waals surface area (Å²) in [5, 5.41) is 13.9. The fourth-order valence-electron chi connectivity index (χ4n) is 15.5. The summed E-state index contributed by atoms with van der Waals surface area (Å²) < 4.78 is 224. The quantitative estimate of drug-likeness (QED) is 0.0392. The normalized spacial score (nSPS) is 16.4. The lowest BCUT2D eigenvalue weighted by molar-refractivity contribution is -0.135. The number of nitrogens with one attached hydrogen (secondary N) is 1. The lowest BCUT2D eigenvalue weighted by atomic mass is 9.87. The van der Waals surface area contributed by atoms with Crippen molar-refractivity contribution in [2.24, 2.45) is 5.73 Å². The van der Waals surface area contributed by atoms with Crippen molar-refractivity contribution in [3.8, 4) is 5.75 Å². The fourth-order valence-corrected chi connectivity index (χ4v) is 15.5. The van der Waals surface area contributed by atoms with Crippen LogP contribution in [-0.4, -0.2) is 107 Å². The average molecular weight is 1730 g/mol. The Morgan fingerprint density at radius 1 is 0.516 bits per heavy atom. The van der Waals surface area contributed by atoms with Gasteiger partial charge in [-0.05, 0) is 222 Å². The van der Waals surface area contributed by atoms with E-state index in [1.807, 2.05) is 20.8 Å². The molecule has 0 bridgehead atoms. The number of aliphatic carboxylic acids is 1. The van der Waals surface area contributed by atoms with Crippen molar-refractivity contribution in [2.75, 3.05) is 33.4 Å². The number of Topliss-reactive ketones (excluding diaryl/α,β-unsaturated/α-hetero) is 1. The van der Waals surface area contributed by atoms with Gasteiger partial charge in [0, 0.05) is 113 Å². The van der Waals surface area contributed by atoms with Crippen molar-refractivity contribution in [3.05, 3.63) is 290 Å². The predicted molar refractivity (Wildman–Crippen MR) is 449 cm³/mol. The monoisotopic (exact) mass is 1730 g/mol. The molecule has 3 aliphatic rings. The maximum absolute atomic E-state index is 15.4. The second-order valence-electron chi connectivity index (χ2n) is 32.8. The van der Waals surface area contributed by atoms with E-state index in [-0.39, 0.29) is 135 Å². The van der Waals surface area contributed by atoms with Gasteiger partial charge in [0.2, 0.25) is 0 Å². The summed E-state index contributed by atoms with van der Waals surface area (Å²) in [7, 11) is 1.19.